The number of sulfonamides is 1. The second-order valence-electron chi connectivity index (χ2n) is 5.46. The molecular weight excluding hydrogens is 400 g/mol. The number of carbonyl (C=O) groups is 1. The molecule has 1 amide bonds. The van der Waals surface area contributed by atoms with Gasteiger partial charge in [-0.15, -0.1) is 0 Å². The Hall–Kier alpha value is -1.00. The molecule has 134 valence electrons. The molecule has 0 radical (unpaired) electrons. The van der Waals surface area contributed by atoms with E-state index in [1.807, 2.05) is 6.92 Å². The van der Waals surface area contributed by atoms with Crippen molar-refractivity contribution in [1.82, 2.24) is 9.62 Å². The Balaban J connectivity index is 2.23. The summed E-state index contributed by atoms with van der Waals surface area (Å²) in [7, 11) is -2.20. The molecule has 0 aromatic heterocycles. The number of morpholine rings is 1. The highest BCUT2D eigenvalue weighted by molar-refractivity contribution is 9.10. The highest BCUT2D eigenvalue weighted by Crippen LogP contribution is 2.23. The van der Waals surface area contributed by atoms with E-state index < -0.39 is 10.0 Å². The average molecular weight is 421 g/mol. The van der Waals surface area contributed by atoms with Gasteiger partial charge in [0, 0.05) is 31.2 Å². The van der Waals surface area contributed by atoms with Crippen molar-refractivity contribution in [3.63, 3.8) is 0 Å². The van der Waals surface area contributed by atoms with E-state index in [-0.39, 0.29) is 30.1 Å². The third-order valence-electron chi connectivity index (χ3n) is 3.61. The summed E-state index contributed by atoms with van der Waals surface area (Å²) in [6, 6.07) is 4.42. The first-order valence-electron chi connectivity index (χ1n) is 7.54. The number of hydrogen-bond acceptors (Lipinski definition) is 5. The molecule has 1 aromatic rings. The number of rotatable bonds is 6. The molecule has 7 nitrogen and oxygen atoms in total. The van der Waals surface area contributed by atoms with Crippen molar-refractivity contribution in [3.8, 4) is 0 Å². The lowest BCUT2D eigenvalue weighted by Gasteiger charge is -2.31. The standard InChI is InChI=1S/C15H21BrN2O5S/c1-11-10-18(6-8-23-11)15(19)13-9-12(3-4-14(13)16)24(20,21)17-5-7-22-2/h3-4,9,11,17H,5-8,10H2,1-2H3/t11-/m1/s1. The molecule has 1 aliphatic rings. The maximum absolute atomic E-state index is 12.7. The molecule has 1 atom stereocenters. The van der Waals surface area contributed by atoms with Crippen LogP contribution in [-0.2, 0) is 19.5 Å². The fourth-order valence-corrected chi connectivity index (χ4v) is 3.83. The van der Waals surface area contributed by atoms with Gasteiger partial charge in [-0.1, -0.05) is 0 Å². The van der Waals surface area contributed by atoms with Crippen LogP contribution in [0.4, 0.5) is 0 Å². The van der Waals surface area contributed by atoms with Gasteiger partial charge in [0.2, 0.25) is 10.0 Å². The maximum Gasteiger partial charge on any atom is 0.255 e. The number of nitrogens with zero attached hydrogens (tertiary/aromatic N) is 1. The van der Waals surface area contributed by atoms with Crippen LogP contribution in [0.1, 0.15) is 17.3 Å². The second kappa shape index (κ2) is 8.39. The molecule has 0 saturated carbocycles. The van der Waals surface area contributed by atoms with Crippen molar-refractivity contribution >= 4 is 31.9 Å². The van der Waals surface area contributed by atoms with Gasteiger partial charge in [-0.2, -0.15) is 0 Å². The molecular formula is C15H21BrN2O5S. The number of benzene rings is 1. The summed E-state index contributed by atoms with van der Waals surface area (Å²) in [5, 5.41) is 0. The molecule has 24 heavy (non-hydrogen) atoms. The first kappa shape index (κ1) is 19.3. The highest BCUT2D eigenvalue weighted by Gasteiger charge is 2.25. The summed E-state index contributed by atoms with van der Waals surface area (Å²) >= 11 is 3.33. The average Bonchev–Trinajstić information content (AvgIpc) is 2.54. The molecule has 1 heterocycles. The van der Waals surface area contributed by atoms with Gasteiger partial charge in [0.25, 0.3) is 5.91 Å². The minimum absolute atomic E-state index is 0.0379. The van der Waals surface area contributed by atoms with E-state index in [4.69, 9.17) is 9.47 Å². The number of ether oxygens (including phenoxy) is 2. The molecule has 0 spiro atoms. The molecule has 1 N–H and O–H groups in total. The molecule has 9 heteroatoms. The van der Waals surface area contributed by atoms with Crippen LogP contribution in [0.2, 0.25) is 0 Å². The zero-order chi connectivity index (χ0) is 17.7. The largest absolute Gasteiger partial charge is 0.383 e. The minimum Gasteiger partial charge on any atom is -0.383 e. The van der Waals surface area contributed by atoms with Crippen LogP contribution in [0, 0.1) is 0 Å². The quantitative estimate of drug-likeness (QED) is 0.699. The van der Waals surface area contributed by atoms with Crippen LogP contribution in [0.5, 0.6) is 0 Å². The monoisotopic (exact) mass is 420 g/mol. The van der Waals surface area contributed by atoms with Crippen molar-refractivity contribution < 1.29 is 22.7 Å². The summed E-state index contributed by atoms with van der Waals surface area (Å²) < 4.78 is 37.9. The summed E-state index contributed by atoms with van der Waals surface area (Å²) in [5.74, 6) is -0.217. The number of carbonyl (C=O) groups excluding carboxylic acids is 1. The molecule has 1 aliphatic heterocycles. The van der Waals surface area contributed by atoms with Crippen LogP contribution < -0.4 is 4.72 Å². The van der Waals surface area contributed by atoms with Gasteiger partial charge >= 0.3 is 0 Å². The molecule has 0 bridgehead atoms. The van der Waals surface area contributed by atoms with E-state index in [1.165, 1.54) is 19.2 Å². The van der Waals surface area contributed by atoms with Crippen LogP contribution in [0.15, 0.2) is 27.6 Å². The number of halogens is 1. The molecule has 1 fully saturated rings. The maximum atomic E-state index is 12.7. The SMILES string of the molecule is COCCNS(=O)(=O)c1ccc(Br)c(C(=O)N2CCO[C@H](C)C2)c1. The Bertz CT molecular complexity index is 695. The molecule has 0 aliphatic carbocycles. The van der Waals surface area contributed by atoms with E-state index in [0.29, 0.717) is 29.7 Å². The Kier molecular flexibility index (Phi) is 6.76. The van der Waals surface area contributed by atoms with Crippen LogP contribution in [0.3, 0.4) is 0 Å². The van der Waals surface area contributed by atoms with Gasteiger partial charge in [0.1, 0.15) is 0 Å². The Morgan fingerprint density at radius 2 is 2.25 bits per heavy atom. The fraction of sp³-hybridized carbons (Fsp3) is 0.533. The van der Waals surface area contributed by atoms with E-state index >= 15 is 0 Å². The smallest absolute Gasteiger partial charge is 0.255 e. The van der Waals surface area contributed by atoms with Crippen LogP contribution in [0.25, 0.3) is 0 Å². The molecule has 1 aromatic carbocycles. The Morgan fingerprint density at radius 3 is 2.92 bits per heavy atom. The summed E-state index contributed by atoms with van der Waals surface area (Å²) in [5.41, 5.74) is 0.318. The molecule has 0 unspecified atom stereocenters. The minimum atomic E-state index is -3.69. The van der Waals surface area contributed by atoms with E-state index in [0.717, 1.165) is 0 Å². The topological polar surface area (TPSA) is 84.9 Å². The number of hydrogen-bond donors (Lipinski definition) is 1. The van der Waals surface area contributed by atoms with Gasteiger partial charge in [-0.25, -0.2) is 13.1 Å². The van der Waals surface area contributed by atoms with Crippen molar-refractivity contribution in [2.24, 2.45) is 0 Å². The Labute approximate surface area is 150 Å². The van der Waals surface area contributed by atoms with E-state index in [1.54, 1.807) is 11.0 Å². The predicted molar refractivity (Wildman–Crippen MR) is 92.5 cm³/mol. The van der Waals surface area contributed by atoms with Crippen LogP contribution >= 0.6 is 15.9 Å². The predicted octanol–water partition coefficient (Wildman–Crippen LogP) is 1.23. The first-order chi connectivity index (χ1) is 11.3. The van der Waals surface area contributed by atoms with E-state index in [9.17, 15) is 13.2 Å². The second-order valence-corrected chi connectivity index (χ2v) is 8.09. The lowest BCUT2D eigenvalue weighted by Crippen LogP contribution is -2.44. The normalized spacial score (nSPS) is 18.6. The first-order valence-corrected chi connectivity index (χ1v) is 9.82. The highest BCUT2D eigenvalue weighted by atomic mass is 79.9. The molecule has 2 rings (SSSR count). The summed E-state index contributed by atoms with van der Waals surface area (Å²) in [4.78, 5) is 14.4. The number of nitrogens with one attached hydrogen (secondary N) is 1. The summed E-state index contributed by atoms with van der Waals surface area (Å²) in [6.07, 6.45) is -0.0379. The van der Waals surface area contributed by atoms with Crippen LogP contribution in [-0.4, -0.2) is 65.3 Å². The van der Waals surface area contributed by atoms with Crippen molar-refractivity contribution in [2.45, 2.75) is 17.9 Å². The van der Waals surface area contributed by atoms with Gasteiger partial charge in [-0.3, -0.25) is 4.79 Å². The zero-order valence-electron chi connectivity index (χ0n) is 13.6. The lowest BCUT2D eigenvalue weighted by atomic mass is 10.2. The van der Waals surface area contributed by atoms with Gasteiger partial charge in [0.15, 0.2) is 0 Å². The van der Waals surface area contributed by atoms with Crippen molar-refractivity contribution in [2.75, 3.05) is 40.0 Å². The van der Waals surface area contributed by atoms with Gasteiger partial charge < -0.3 is 14.4 Å². The number of amides is 1. The summed E-state index contributed by atoms with van der Waals surface area (Å²) in [6.45, 7) is 3.77. The zero-order valence-corrected chi connectivity index (χ0v) is 16.0. The van der Waals surface area contributed by atoms with Crippen molar-refractivity contribution in [3.05, 3.63) is 28.2 Å². The van der Waals surface area contributed by atoms with Gasteiger partial charge in [-0.05, 0) is 41.1 Å². The third-order valence-corrected chi connectivity index (χ3v) is 5.76. The van der Waals surface area contributed by atoms with Gasteiger partial charge in [0.05, 0.1) is 29.8 Å². The Morgan fingerprint density at radius 1 is 1.50 bits per heavy atom. The number of methoxy groups -OCH3 is 1. The van der Waals surface area contributed by atoms with E-state index in [2.05, 4.69) is 20.7 Å². The third kappa shape index (κ3) is 4.76. The fourth-order valence-electron chi connectivity index (χ4n) is 2.37. The lowest BCUT2D eigenvalue weighted by molar-refractivity contribution is -0.0124. The van der Waals surface area contributed by atoms with Crippen molar-refractivity contribution in [1.29, 1.82) is 0 Å². The molecule has 1 saturated heterocycles.